The Hall–Kier alpha value is -1.69. The van der Waals surface area contributed by atoms with E-state index >= 15 is 0 Å². The van der Waals surface area contributed by atoms with E-state index in [0.29, 0.717) is 12.1 Å². The fourth-order valence-electron chi connectivity index (χ4n) is 2.33. The number of halogens is 2. The summed E-state index contributed by atoms with van der Waals surface area (Å²) >= 11 is 3.46. The second kappa shape index (κ2) is 6.39. The van der Waals surface area contributed by atoms with Gasteiger partial charge in [-0.2, -0.15) is 5.10 Å². The number of benzene rings is 1. The van der Waals surface area contributed by atoms with Gasteiger partial charge < -0.3 is 5.11 Å². The Morgan fingerprint density at radius 2 is 2.24 bits per heavy atom. The number of aryl methyl sites for hydroxylation is 2. The van der Waals surface area contributed by atoms with Crippen LogP contribution in [0.4, 0.5) is 4.39 Å². The van der Waals surface area contributed by atoms with E-state index in [1.54, 1.807) is 10.7 Å². The number of rotatable bonds is 5. The summed E-state index contributed by atoms with van der Waals surface area (Å²) in [6, 6.07) is 5.73. The van der Waals surface area contributed by atoms with E-state index in [2.05, 4.69) is 21.0 Å². The fourth-order valence-corrected chi connectivity index (χ4v) is 2.77. The molecule has 0 fully saturated rings. The molecular weight excluding hydrogens is 339 g/mol. The van der Waals surface area contributed by atoms with Crippen LogP contribution in [0.3, 0.4) is 0 Å². The molecule has 0 aliphatic heterocycles. The number of aliphatic carboxylic acids is 1. The maximum Gasteiger partial charge on any atom is 0.311 e. The van der Waals surface area contributed by atoms with E-state index < -0.39 is 17.7 Å². The molecule has 0 spiro atoms. The molecule has 1 heterocycles. The standard InChI is InChI=1S/C15H16BrFN2O2/c1-3-19-13(14(16)9(2)18-19)8-12(15(20)21)10-5-4-6-11(17)7-10/h4-7,12H,3,8H2,1-2H3,(H,20,21). The van der Waals surface area contributed by atoms with Crippen LogP contribution >= 0.6 is 15.9 Å². The summed E-state index contributed by atoms with van der Waals surface area (Å²) < 4.78 is 15.9. The number of hydrogen-bond acceptors (Lipinski definition) is 2. The quantitative estimate of drug-likeness (QED) is 0.893. The molecule has 1 aromatic carbocycles. The molecule has 21 heavy (non-hydrogen) atoms. The van der Waals surface area contributed by atoms with Gasteiger partial charge in [0, 0.05) is 13.0 Å². The molecule has 2 rings (SSSR count). The SMILES string of the molecule is CCn1nc(C)c(Br)c1CC(C(=O)O)c1cccc(F)c1. The number of carbonyl (C=O) groups is 1. The largest absolute Gasteiger partial charge is 0.481 e. The summed E-state index contributed by atoms with van der Waals surface area (Å²) in [4.78, 5) is 11.6. The fraction of sp³-hybridized carbons (Fsp3) is 0.333. The Bertz CT molecular complexity index is 670. The summed E-state index contributed by atoms with van der Waals surface area (Å²) in [5.41, 5.74) is 2.08. The van der Waals surface area contributed by atoms with Crippen molar-refractivity contribution in [3.05, 3.63) is 51.5 Å². The van der Waals surface area contributed by atoms with Crippen LogP contribution in [0.25, 0.3) is 0 Å². The van der Waals surface area contributed by atoms with Gasteiger partial charge in [0.25, 0.3) is 0 Å². The summed E-state index contributed by atoms with van der Waals surface area (Å²) in [6.45, 7) is 4.45. The minimum absolute atomic E-state index is 0.258. The van der Waals surface area contributed by atoms with Crippen molar-refractivity contribution >= 4 is 21.9 Å². The lowest BCUT2D eigenvalue weighted by molar-refractivity contribution is -0.138. The minimum atomic E-state index is -0.978. The number of nitrogens with zero attached hydrogens (tertiary/aromatic N) is 2. The van der Waals surface area contributed by atoms with Crippen LogP contribution in [0.15, 0.2) is 28.7 Å². The predicted molar refractivity (Wildman–Crippen MR) is 80.8 cm³/mol. The lowest BCUT2D eigenvalue weighted by atomic mass is 9.94. The molecule has 0 amide bonds. The van der Waals surface area contributed by atoms with E-state index in [9.17, 15) is 14.3 Å². The van der Waals surface area contributed by atoms with Crippen LogP contribution in [0.2, 0.25) is 0 Å². The molecule has 0 saturated heterocycles. The molecule has 0 radical (unpaired) electrons. The van der Waals surface area contributed by atoms with Crippen molar-refractivity contribution in [3.63, 3.8) is 0 Å². The van der Waals surface area contributed by atoms with E-state index in [1.807, 2.05) is 13.8 Å². The number of aromatic nitrogens is 2. The average molecular weight is 355 g/mol. The third kappa shape index (κ3) is 3.32. The van der Waals surface area contributed by atoms with Gasteiger partial charge in [-0.15, -0.1) is 0 Å². The van der Waals surface area contributed by atoms with E-state index in [4.69, 9.17) is 0 Å². The highest BCUT2D eigenvalue weighted by molar-refractivity contribution is 9.10. The lowest BCUT2D eigenvalue weighted by Gasteiger charge is -2.14. The topological polar surface area (TPSA) is 55.1 Å². The maximum absolute atomic E-state index is 13.3. The zero-order valence-electron chi connectivity index (χ0n) is 11.8. The van der Waals surface area contributed by atoms with Crippen molar-refractivity contribution < 1.29 is 14.3 Å². The highest BCUT2D eigenvalue weighted by Crippen LogP contribution is 2.28. The van der Waals surface area contributed by atoms with Gasteiger partial charge in [0.05, 0.1) is 21.8 Å². The molecule has 2 aromatic rings. The van der Waals surface area contributed by atoms with Gasteiger partial charge in [-0.05, 0) is 47.5 Å². The van der Waals surface area contributed by atoms with E-state index in [1.165, 1.54) is 18.2 Å². The van der Waals surface area contributed by atoms with Crippen molar-refractivity contribution in [2.45, 2.75) is 32.7 Å². The first-order valence-corrected chi connectivity index (χ1v) is 7.43. The van der Waals surface area contributed by atoms with Crippen molar-refractivity contribution in [2.75, 3.05) is 0 Å². The minimum Gasteiger partial charge on any atom is -0.481 e. The molecule has 4 nitrogen and oxygen atoms in total. The van der Waals surface area contributed by atoms with E-state index in [-0.39, 0.29) is 6.42 Å². The van der Waals surface area contributed by atoms with Gasteiger partial charge in [0.15, 0.2) is 0 Å². The van der Waals surface area contributed by atoms with Crippen LogP contribution in [-0.4, -0.2) is 20.9 Å². The van der Waals surface area contributed by atoms with Crippen molar-refractivity contribution in [3.8, 4) is 0 Å². The van der Waals surface area contributed by atoms with Crippen molar-refractivity contribution in [1.29, 1.82) is 0 Å². The first-order valence-electron chi connectivity index (χ1n) is 6.64. The van der Waals surface area contributed by atoms with E-state index in [0.717, 1.165) is 15.9 Å². The van der Waals surface area contributed by atoms with Crippen molar-refractivity contribution in [2.24, 2.45) is 0 Å². The zero-order chi connectivity index (χ0) is 15.6. The summed E-state index contributed by atoms with van der Waals surface area (Å²) in [5, 5.41) is 13.8. The average Bonchev–Trinajstić information content (AvgIpc) is 2.71. The Balaban J connectivity index is 2.40. The zero-order valence-corrected chi connectivity index (χ0v) is 13.4. The van der Waals surface area contributed by atoms with Crippen LogP contribution in [0, 0.1) is 12.7 Å². The second-order valence-electron chi connectivity index (χ2n) is 4.81. The highest BCUT2D eigenvalue weighted by Gasteiger charge is 2.25. The maximum atomic E-state index is 13.3. The van der Waals surface area contributed by atoms with Gasteiger partial charge in [-0.1, -0.05) is 12.1 Å². The van der Waals surface area contributed by atoms with Crippen LogP contribution in [-0.2, 0) is 17.8 Å². The third-order valence-electron chi connectivity index (χ3n) is 3.40. The van der Waals surface area contributed by atoms with Crippen LogP contribution < -0.4 is 0 Å². The van der Waals surface area contributed by atoms with Crippen molar-refractivity contribution in [1.82, 2.24) is 9.78 Å². The molecule has 1 aromatic heterocycles. The van der Waals surface area contributed by atoms with Gasteiger partial charge >= 0.3 is 5.97 Å². The predicted octanol–water partition coefficient (Wildman–Crippen LogP) is 3.52. The summed E-state index contributed by atoms with van der Waals surface area (Å²) in [6.07, 6.45) is 0.258. The molecule has 1 unspecified atom stereocenters. The monoisotopic (exact) mass is 354 g/mol. The van der Waals surface area contributed by atoms with Gasteiger partial charge in [0.2, 0.25) is 0 Å². The molecule has 0 aliphatic rings. The normalized spacial score (nSPS) is 12.4. The molecule has 112 valence electrons. The van der Waals surface area contributed by atoms with Crippen LogP contribution in [0.5, 0.6) is 0 Å². The smallest absolute Gasteiger partial charge is 0.311 e. The third-order valence-corrected chi connectivity index (χ3v) is 4.43. The van der Waals surface area contributed by atoms with Gasteiger partial charge in [-0.3, -0.25) is 9.48 Å². The molecule has 0 aliphatic carbocycles. The first kappa shape index (κ1) is 15.7. The first-order chi connectivity index (χ1) is 9.93. The second-order valence-corrected chi connectivity index (χ2v) is 5.60. The Morgan fingerprint density at radius 1 is 1.52 bits per heavy atom. The molecule has 0 saturated carbocycles. The Morgan fingerprint density at radius 3 is 2.81 bits per heavy atom. The van der Waals surface area contributed by atoms with Crippen LogP contribution in [0.1, 0.15) is 29.8 Å². The lowest BCUT2D eigenvalue weighted by Crippen LogP contribution is -2.17. The highest BCUT2D eigenvalue weighted by atomic mass is 79.9. The number of carboxylic acids is 1. The molecule has 0 bridgehead atoms. The molecule has 6 heteroatoms. The number of carboxylic acid groups (broad SMARTS) is 1. The number of hydrogen-bond donors (Lipinski definition) is 1. The molecular formula is C15H16BrFN2O2. The Kier molecular flexibility index (Phi) is 4.77. The van der Waals surface area contributed by atoms with Gasteiger partial charge in [-0.25, -0.2) is 4.39 Å². The Labute approximate surface area is 130 Å². The summed E-state index contributed by atoms with van der Waals surface area (Å²) in [7, 11) is 0. The molecule has 1 atom stereocenters. The van der Waals surface area contributed by atoms with Gasteiger partial charge in [0.1, 0.15) is 5.82 Å². The molecule has 1 N–H and O–H groups in total. The summed E-state index contributed by atoms with van der Waals surface area (Å²) in [5.74, 6) is -2.22.